The van der Waals surface area contributed by atoms with Gasteiger partial charge >= 0.3 is 0 Å². The van der Waals surface area contributed by atoms with Crippen LogP contribution in [-0.4, -0.2) is 41.8 Å². The Morgan fingerprint density at radius 1 is 1.20 bits per heavy atom. The Morgan fingerprint density at radius 3 is 2.45 bits per heavy atom. The van der Waals surface area contributed by atoms with E-state index in [0.717, 1.165) is 26.1 Å². The molecule has 1 fully saturated rings. The van der Waals surface area contributed by atoms with Gasteiger partial charge in [0.05, 0.1) is 11.5 Å². The normalized spacial score (nSPS) is 16.1. The number of hydrogen-bond donors (Lipinski definition) is 0. The molecular formula is C14H18N2O4. The number of carbonyl (C=O) groups is 1. The van der Waals surface area contributed by atoms with Gasteiger partial charge in [0.1, 0.15) is 11.5 Å². The van der Waals surface area contributed by atoms with Gasteiger partial charge in [-0.1, -0.05) is 0 Å². The summed E-state index contributed by atoms with van der Waals surface area (Å²) in [7, 11) is 0. The summed E-state index contributed by atoms with van der Waals surface area (Å²) in [6, 6.07) is 6.09. The minimum absolute atomic E-state index is 0.0651. The van der Waals surface area contributed by atoms with Crippen LogP contribution < -0.4 is 4.74 Å². The van der Waals surface area contributed by atoms with Crippen molar-refractivity contribution in [2.75, 3.05) is 26.2 Å². The summed E-state index contributed by atoms with van der Waals surface area (Å²) in [5.41, 5.74) is 0.0651. The van der Waals surface area contributed by atoms with Gasteiger partial charge in [-0.15, -0.1) is 0 Å². The van der Waals surface area contributed by atoms with E-state index in [1.807, 2.05) is 0 Å². The Bertz CT molecular complexity index is 463. The molecule has 0 saturated carbocycles. The zero-order valence-corrected chi connectivity index (χ0v) is 11.3. The second-order valence-electron chi connectivity index (χ2n) is 4.83. The van der Waals surface area contributed by atoms with Crippen molar-refractivity contribution in [3.63, 3.8) is 0 Å². The second-order valence-corrected chi connectivity index (χ2v) is 4.83. The predicted octanol–water partition coefficient (Wildman–Crippen LogP) is 2.03. The third-order valence-electron chi connectivity index (χ3n) is 3.35. The molecule has 20 heavy (non-hydrogen) atoms. The van der Waals surface area contributed by atoms with Crippen LogP contribution in [0, 0.1) is 10.1 Å². The summed E-state index contributed by atoms with van der Waals surface area (Å²) in [6.45, 7) is 3.18. The quantitative estimate of drug-likeness (QED) is 0.452. The Kier molecular flexibility index (Phi) is 5.06. The fourth-order valence-electron chi connectivity index (χ4n) is 2.17. The van der Waals surface area contributed by atoms with E-state index in [4.69, 9.17) is 4.74 Å². The molecule has 0 unspecified atom stereocenters. The summed E-state index contributed by atoms with van der Waals surface area (Å²) >= 11 is 0. The number of non-ortho nitro benzene ring substituents is 1. The lowest BCUT2D eigenvalue weighted by Crippen LogP contribution is -2.34. The summed E-state index contributed by atoms with van der Waals surface area (Å²) in [5.74, 6) is 0.993. The van der Waals surface area contributed by atoms with Gasteiger partial charge in [-0.05, 0) is 18.6 Å². The van der Waals surface area contributed by atoms with Gasteiger partial charge in [-0.25, -0.2) is 0 Å². The molecule has 1 saturated heterocycles. The van der Waals surface area contributed by atoms with Crippen molar-refractivity contribution in [1.82, 2.24) is 4.90 Å². The van der Waals surface area contributed by atoms with E-state index in [-0.39, 0.29) is 5.69 Å². The van der Waals surface area contributed by atoms with Crippen molar-refractivity contribution < 1.29 is 14.5 Å². The van der Waals surface area contributed by atoms with Crippen molar-refractivity contribution >= 4 is 11.5 Å². The number of carbonyl (C=O) groups excluding carboxylic acids is 1. The van der Waals surface area contributed by atoms with Gasteiger partial charge in [0.25, 0.3) is 5.69 Å². The first-order valence-electron chi connectivity index (χ1n) is 6.76. The molecule has 1 heterocycles. The highest BCUT2D eigenvalue weighted by atomic mass is 16.6. The zero-order valence-electron chi connectivity index (χ0n) is 11.3. The van der Waals surface area contributed by atoms with Gasteiger partial charge in [-0.2, -0.15) is 0 Å². The van der Waals surface area contributed by atoms with Crippen molar-refractivity contribution in [2.24, 2.45) is 0 Å². The largest absolute Gasteiger partial charge is 0.494 e. The van der Waals surface area contributed by atoms with E-state index in [1.165, 1.54) is 12.1 Å². The first-order valence-corrected chi connectivity index (χ1v) is 6.76. The van der Waals surface area contributed by atoms with Crippen LogP contribution in [0.5, 0.6) is 5.75 Å². The topological polar surface area (TPSA) is 72.7 Å². The number of ketones is 1. The molecule has 0 spiro atoms. The minimum atomic E-state index is -0.429. The molecule has 6 nitrogen and oxygen atoms in total. The third kappa shape index (κ3) is 4.31. The molecule has 1 aliphatic heterocycles. The van der Waals surface area contributed by atoms with Crippen LogP contribution in [0.3, 0.4) is 0 Å². The molecule has 0 radical (unpaired) electrons. The van der Waals surface area contributed by atoms with Crippen molar-refractivity contribution in [1.29, 1.82) is 0 Å². The lowest BCUT2D eigenvalue weighted by atomic mass is 10.1. The van der Waals surface area contributed by atoms with E-state index >= 15 is 0 Å². The number of piperidine rings is 1. The van der Waals surface area contributed by atoms with E-state index in [9.17, 15) is 14.9 Å². The summed E-state index contributed by atoms with van der Waals surface area (Å²) in [5, 5.41) is 10.5. The molecule has 2 rings (SSSR count). The Hall–Kier alpha value is -1.95. The lowest BCUT2D eigenvalue weighted by Gasteiger charge is -2.25. The van der Waals surface area contributed by atoms with Crippen LogP contribution >= 0.6 is 0 Å². The molecule has 0 atom stereocenters. The van der Waals surface area contributed by atoms with E-state index in [2.05, 4.69) is 4.90 Å². The van der Waals surface area contributed by atoms with Crippen LogP contribution in [0.25, 0.3) is 0 Å². The summed E-state index contributed by atoms with van der Waals surface area (Å²) in [6.07, 6.45) is 2.19. The number of Topliss-reactive ketones (excluding diaryl/α,β-unsaturated/α-hetero) is 1. The molecule has 0 aliphatic carbocycles. The molecule has 0 amide bonds. The first kappa shape index (κ1) is 14.5. The Labute approximate surface area is 117 Å². The van der Waals surface area contributed by atoms with Crippen molar-refractivity contribution in [3.8, 4) is 5.75 Å². The lowest BCUT2D eigenvalue weighted by molar-refractivity contribution is -0.384. The molecule has 0 bridgehead atoms. The Balaban J connectivity index is 1.65. The highest BCUT2D eigenvalue weighted by Crippen LogP contribution is 2.17. The van der Waals surface area contributed by atoms with Gasteiger partial charge in [0.15, 0.2) is 0 Å². The van der Waals surface area contributed by atoms with Crippen LogP contribution in [-0.2, 0) is 4.79 Å². The van der Waals surface area contributed by atoms with Crippen LogP contribution in [0.1, 0.15) is 19.3 Å². The maximum absolute atomic E-state index is 11.1. The maximum Gasteiger partial charge on any atom is 0.269 e. The van der Waals surface area contributed by atoms with Gasteiger partial charge in [0.2, 0.25) is 0 Å². The van der Waals surface area contributed by atoms with E-state index < -0.39 is 4.92 Å². The number of ether oxygens (including phenoxy) is 1. The second kappa shape index (κ2) is 7.00. The highest BCUT2D eigenvalue weighted by Gasteiger charge is 2.15. The number of likely N-dealkylation sites (tertiary alicyclic amines) is 1. The van der Waals surface area contributed by atoms with E-state index in [0.29, 0.717) is 31.0 Å². The third-order valence-corrected chi connectivity index (χ3v) is 3.35. The van der Waals surface area contributed by atoms with Crippen LogP contribution in [0.2, 0.25) is 0 Å². The fourth-order valence-corrected chi connectivity index (χ4v) is 2.17. The number of nitro benzene ring substituents is 1. The van der Waals surface area contributed by atoms with Crippen molar-refractivity contribution in [2.45, 2.75) is 19.3 Å². The maximum atomic E-state index is 11.1. The monoisotopic (exact) mass is 278 g/mol. The number of nitrogens with zero attached hydrogens (tertiary/aromatic N) is 2. The Morgan fingerprint density at radius 2 is 1.85 bits per heavy atom. The summed E-state index contributed by atoms with van der Waals surface area (Å²) < 4.78 is 5.54. The molecule has 1 aliphatic rings. The van der Waals surface area contributed by atoms with Gasteiger partial charge in [-0.3, -0.25) is 14.9 Å². The summed E-state index contributed by atoms with van der Waals surface area (Å²) in [4.78, 5) is 23.4. The molecule has 0 N–H and O–H groups in total. The minimum Gasteiger partial charge on any atom is -0.494 e. The number of rotatable bonds is 6. The van der Waals surface area contributed by atoms with Crippen LogP contribution in [0.15, 0.2) is 24.3 Å². The van der Waals surface area contributed by atoms with Crippen LogP contribution in [0.4, 0.5) is 5.69 Å². The molecule has 6 heteroatoms. The first-order chi connectivity index (χ1) is 9.65. The number of nitro groups is 1. The smallest absolute Gasteiger partial charge is 0.269 e. The van der Waals surface area contributed by atoms with Gasteiger partial charge in [0, 0.05) is 44.6 Å². The zero-order chi connectivity index (χ0) is 14.4. The molecular weight excluding hydrogens is 260 g/mol. The molecule has 1 aromatic rings. The molecule has 1 aromatic carbocycles. The van der Waals surface area contributed by atoms with Crippen molar-refractivity contribution in [3.05, 3.63) is 34.4 Å². The average Bonchev–Trinajstić information content (AvgIpc) is 2.46. The number of benzene rings is 1. The highest BCUT2D eigenvalue weighted by molar-refractivity contribution is 5.79. The SMILES string of the molecule is O=C1CCN(CCCOc2ccc([N+](=O)[O-])cc2)CC1. The standard InChI is InChI=1S/C14H18N2O4/c17-13-6-9-15(10-7-13)8-1-11-20-14-4-2-12(3-5-14)16(18)19/h2-5H,1,6-11H2. The fraction of sp³-hybridized carbons (Fsp3) is 0.500. The van der Waals surface area contributed by atoms with E-state index in [1.54, 1.807) is 12.1 Å². The van der Waals surface area contributed by atoms with Gasteiger partial charge < -0.3 is 9.64 Å². The molecule has 108 valence electrons. The molecule has 0 aromatic heterocycles. The average molecular weight is 278 g/mol. The predicted molar refractivity (Wildman–Crippen MR) is 73.9 cm³/mol. The number of hydrogen-bond acceptors (Lipinski definition) is 5.